The third kappa shape index (κ3) is 3.69. The summed E-state index contributed by atoms with van der Waals surface area (Å²) in [6.07, 6.45) is 0.903. The zero-order valence-electron chi connectivity index (χ0n) is 13.3. The Labute approximate surface area is 155 Å². The summed E-state index contributed by atoms with van der Waals surface area (Å²) in [5, 5.41) is 10.9. The molecule has 0 spiro atoms. The van der Waals surface area contributed by atoms with Crippen molar-refractivity contribution in [3.8, 4) is 0 Å². The fourth-order valence-corrected chi connectivity index (χ4v) is 4.08. The summed E-state index contributed by atoms with van der Waals surface area (Å²) in [6, 6.07) is 11.6. The second kappa shape index (κ2) is 7.28. The van der Waals surface area contributed by atoms with E-state index in [4.69, 9.17) is 0 Å². The van der Waals surface area contributed by atoms with Gasteiger partial charge in [0.2, 0.25) is 0 Å². The van der Waals surface area contributed by atoms with Crippen LogP contribution in [0.3, 0.4) is 0 Å². The van der Waals surface area contributed by atoms with Gasteiger partial charge in [-0.3, -0.25) is 14.9 Å². The number of aromatic nitrogens is 1. The van der Waals surface area contributed by atoms with Gasteiger partial charge in [0, 0.05) is 28.7 Å². The van der Waals surface area contributed by atoms with Crippen molar-refractivity contribution in [1.82, 2.24) is 4.57 Å². The number of aryl methyl sites for hydroxylation is 1. The number of non-ortho nitro benzene ring substituents is 1. The summed E-state index contributed by atoms with van der Waals surface area (Å²) in [7, 11) is 0. The molecule has 128 valence electrons. The first-order valence-electron chi connectivity index (χ1n) is 7.62. The molecule has 0 aliphatic rings. The standard InChI is InChI=1S/C17H14BrN3O3S/c1-2-8-20-14-7-6-12(18)10-15(14)25-17(20)19-16(22)11-4-3-5-13(9-11)21(23)24/h3-7,9-10H,2,8H2,1H3. The van der Waals surface area contributed by atoms with E-state index in [1.807, 2.05) is 22.8 Å². The van der Waals surface area contributed by atoms with Crippen LogP contribution in [0.1, 0.15) is 23.7 Å². The lowest BCUT2D eigenvalue weighted by Gasteiger charge is -2.02. The highest BCUT2D eigenvalue weighted by atomic mass is 79.9. The predicted molar refractivity (Wildman–Crippen MR) is 101 cm³/mol. The number of carbonyl (C=O) groups is 1. The third-order valence-electron chi connectivity index (χ3n) is 3.59. The maximum absolute atomic E-state index is 12.5. The molecule has 0 fully saturated rings. The van der Waals surface area contributed by atoms with Crippen molar-refractivity contribution < 1.29 is 9.72 Å². The highest BCUT2D eigenvalue weighted by Gasteiger charge is 2.12. The van der Waals surface area contributed by atoms with Crippen molar-refractivity contribution in [2.75, 3.05) is 0 Å². The number of amides is 1. The summed E-state index contributed by atoms with van der Waals surface area (Å²) in [5.41, 5.74) is 1.10. The van der Waals surface area contributed by atoms with Crippen molar-refractivity contribution >= 4 is 49.1 Å². The molecule has 0 aliphatic heterocycles. The quantitative estimate of drug-likeness (QED) is 0.460. The number of nitro groups is 1. The molecule has 0 unspecified atom stereocenters. The van der Waals surface area contributed by atoms with E-state index < -0.39 is 10.8 Å². The topological polar surface area (TPSA) is 77.5 Å². The van der Waals surface area contributed by atoms with Gasteiger partial charge in [-0.15, -0.1) is 0 Å². The van der Waals surface area contributed by atoms with Gasteiger partial charge < -0.3 is 4.57 Å². The number of nitrogens with zero attached hydrogens (tertiary/aromatic N) is 3. The summed E-state index contributed by atoms with van der Waals surface area (Å²) in [4.78, 5) is 27.7. The second-order valence-electron chi connectivity index (χ2n) is 5.37. The van der Waals surface area contributed by atoms with Gasteiger partial charge in [0.1, 0.15) is 0 Å². The third-order valence-corrected chi connectivity index (χ3v) is 5.13. The van der Waals surface area contributed by atoms with E-state index in [0.29, 0.717) is 4.80 Å². The molecule has 1 amide bonds. The van der Waals surface area contributed by atoms with Crippen molar-refractivity contribution in [3.63, 3.8) is 0 Å². The van der Waals surface area contributed by atoms with Crippen molar-refractivity contribution in [2.24, 2.45) is 4.99 Å². The molecule has 0 saturated heterocycles. The Morgan fingerprint density at radius 3 is 2.84 bits per heavy atom. The highest BCUT2D eigenvalue weighted by Crippen LogP contribution is 2.22. The lowest BCUT2D eigenvalue weighted by atomic mass is 10.2. The van der Waals surface area contributed by atoms with Gasteiger partial charge in [0.05, 0.1) is 15.1 Å². The number of rotatable bonds is 4. The van der Waals surface area contributed by atoms with E-state index in [1.54, 1.807) is 0 Å². The van der Waals surface area contributed by atoms with Crippen LogP contribution < -0.4 is 4.80 Å². The van der Waals surface area contributed by atoms with E-state index in [2.05, 4.69) is 27.8 Å². The minimum Gasteiger partial charge on any atom is -0.316 e. The average Bonchev–Trinajstić information content (AvgIpc) is 2.91. The van der Waals surface area contributed by atoms with Gasteiger partial charge in [-0.05, 0) is 30.7 Å². The summed E-state index contributed by atoms with van der Waals surface area (Å²) >= 11 is 4.87. The van der Waals surface area contributed by atoms with Crippen LogP contribution in [0.25, 0.3) is 10.2 Å². The molecule has 25 heavy (non-hydrogen) atoms. The molecule has 0 bridgehead atoms. The Morgan fingerprint density at radius 1 is 1.32 bits per heavy atom. The smallest absolute Gasteiger partial charge is 0.279 e. The van der Waals surface area contributed by atoms with Crippen molar-refractivity contribution in [1.29, 1.82) is 0 Å². The molecule has 1 heterocycles. The van der Waals surface area contributed by atoms with Crippen LogP contribution in [0.5, 0.6) is 0 Å². The van der Waals surface area contributed by atoms with E-state index in [0.717, 1.165) is 27.7 Å². The molecule has 1 aromatic heterocycles. The number of hydrogen-bond acceptors (Lipinski definition) is 4. The minimum absolute atomic E-state index is 0.122. The SMILES string of the molecule is CCCn1c(=NC(=O)c2cccc([N+](=O)[O-])c2)sc2cc(Br)ccc21. The molecule has 3 rings (SSSR count). The van der Waals surface area contributed by atoms with Gasteiger partial charge >= 0.3 is 0 Å². The average molecular weight is 420 g/mol. The first-order valence-corrected chi connectivity index (χ1v) is 9.23. The fourth-order valence-electron chi connectivity index (χ4n) is 2.48. The van der Waals surface area contributed by atoms with E-state index in [9.17, 15) is 14.9 Å². The lowest BCUT2D eigenvalue weighted by molar-refractivity contribution is -0.384. The number of carbonyl (C=O) groups excluding carboxylic acids is 1. The zero-order chi connectivity index (χ0) is 18.0. The molecule has 0 N–H and O–H groups in total. The van der Waals surface area contributed by atoms with Crippen LogP contribution in [0.15, 0.2) is 51.9 Å². The molecule has 6 nitrogen and oxygen atoms in total. The molecule has 2 aromatic carbocycles. The molecule has 0 atom stereocenters. The minimum atomic E-state index is -0.523. The summed E-state index contributed by atoms with van der Waals surface area (Å²) in [6.45, 7) is 2.80. The second-order valence-corrected chi connectivity index (χ2v) is 7.30. The van der Waals surface area contributed by atoms with Gasteiger partial charge in [0.25, 0.3) is 11.6 Å². The Morgan fingerprint density at radius 2 is 2.12 bits per heavy atom. The van der Waals surface area contributed by atoms with Crippen molar-refractivity contribution in [3.05, 3.63) is 67.4 Å². The molecule has 8 heteroatoms. The van der Waals surface area contributed by atoms with Gasteiger partial charge in [-0.25, -0.2) is 0 Å². The Balaban J connectivity index is 2.11. The van der Waals surface area contributed by atoms with E-state index in [-0.39, 0.29) is 11.3 Å². The predicted octanol–water partition coefficient (Wildman–Crippen LogP) is 4.52. The van der Waals surface area contributed by atoms with Gasteiger partial charge in [-0.1, -0.05) is 40.3 Å². The van der Waals surface area contributed by atoms with E-state index in [1.165, 1.54) is 35.6 Å². The van der Waals surface area contributed by atoms with Crippen LogP contribution in [-0.2, 0) is 6.54 Å². The largest absolute Gasteiger partial charge is 0.316 e. The monoisotopic (exact) mass is 419 g/mol. The number of nitro benzene ring substituents is 1. The maximum Gasteiger partial charge on any atom is 0.279 e. The molecule has 0 saturated carbocycles. The molecule has 0 radical (unpaired) electrons. The Bertz CT molecular complexity index is 1040. The Kier molecular flexibility index (Phi) is 5.10. The molecular formula is C17H14BrN3O3S. The number of thiazole rings is 1. The fraction of sp³-hybridized carbons (Fsp3) is 0.176. The van der Waals surface area contributed by atoms with Gasteiger partial charge in [-0.2, -0.15) is 4.99 Å². The molecular weight excluding hydrogens is 406 g/mol. The molecule has 0 aliphatic carbocycles. The van der Waals surface area contributed by atoms with E-state index >= 15 is 0 Å². The maximum atomic E-state index is 12.5. The molecule has 3 aromatic rings. The van der Waals surface area contributed by atoms with Crippen molar-refractivity contribution in [2.45, 2.75) is 19.9 Å². The first-order chi connectivity index (χ1) is 12.0. The number of benzene rings is 2. The van der Waals surface area contributed by atoms with Crippen LogP contribution in [0, 0.1) is 10.1 Å². The normalized spacial score (nSPS) is 11.8. The number of halogens is 1. The van der Waals surface area contributed by atoms with Crippen LogP contribution in [-0.4, -0.2) is 15.4 Å². The van der Waals surface area contributed by atoms with Gasteiger partial charge in [0.15, 0.2) is 4.80 Å². The number of hydrogen-bond donors (Lipinski definition) is 0. The summed E-state index contributed by atoms with van der Waals surface area (Å²) < 4.78 is 3.98. The van der Waals surface area contributed by atoms with Crippen LogP contribution in [0.2, 0.25) is 0 Å². The van der Waals surface area contributed by atoms with Crippen LogP contribution >= 0.6 is 27.3 Å². The first kappa shape index (κ1) is 17.5. The summed E-state index contributed by atoms with van der Waals surface area (Å²) in [5.74, 6) is -0.487. The lowest BCUT2D eigenvalue weighted by Crippen LogP contribution is -2.16. The Hall–Kier alpha value is -2.32. The highest BCUT2D eigenvalue weighted by molar-refractivity contribution is 9.10. The van der Waals surface area contributed by atoms with Crippen LogP contribution in [0.4, 0.5) is 5.69 Å². The number of fused-ring (bicyclic) bond motifs is 1. The zero-order valence-corrected chi connectivity index (χ0v) is 15.7.